The molecule has 2 heterocycles. The van der Waals surface area contributed by atoms with E-state index in [1.807, 2.05) is 12.3 Å². The van der Waals surface area contributed by atoms with E-state index in [0.717, 1.165) is 35.4 Å². The molecule has 4 nitrogen and oxygen atoms in total. The third-order valence-corrected chi connectivity index (χ3v) is 2.67. The minimum absolute atomic E-state index is 0.348. The summed E-state index contributed by atoms with van der Waals surface area (Å²) in [5.41, 5.74) is 9.92. The highest BCUT2D eigenvalue weighted by Gasteiger charge is 2.17. The molecule has 0 saturated carbocycles. The molecule has 15 heavy (non-hydrogen) atoms. The van der Waals surface area contributed by atoms with Crippen molar-refractivity contribution in [3.05, 3.63) is 35.9 Å². The molecular weight excluding hydrogens is 188 g/mol. The second kappa shape index (κ2) is 3.02. The quantitative estimate of drug-likeness (QED) is 0.691. The molecule has 0 bridgehead atoms. The molecule has 0 spiro atoms. The van der Waals surface area contributed by atoms with E-state index in [1.165, 1.54) is 0 Å². The molecule has 1 aliphatic rings. The summed E-state index contributed by atoms with van der Waals surface area (Å²) in [6, 6.07) is 3.99. The topological polar surface area (TPSA) is 64.7 Å². The molecule has 2 aromatic rings. The summed E-state index contributed by atoms with van der Waals surface area (Å²) in [6.07, 6.45) is 5.44. The Kier molecular flexibility index (Phi) is 1.68. The molecule has 74 valence electrons. The van der Waals surface area contributed by atoms with E-state index >= 15 is 0 Å². The molecule has 4 heteroatoms. The molecule has 0 atom stereocenters. The number of nitrogen functional groups attached to an aromatic ring is 1. The van der Waals surface area contributed by atoms with Crippen molar-refractivity contribution in [3.63, 3.8) is 0 Å². The summed E-state index contributed by atoms with van der Waals surface area (Å²) in [5.74, 6) is 0.348. The second-order valence-electron chi connectivity index (χ2n) is 3.59. The molecule has 0 radical (unpaired) electrons. The summed E-state index contributed by atoms with van der Waals surface area (Å²) in [7, 11) is 0. The van der Waals surface area contributed by atoms with Crippen LogP contribution in [0.2, 0.25) is 0 Å². The lowest BCUT2D eigenvalue weighted by molar-refractivity contribution is 0.855. The summed E-state index contributed by atoms with van der Waals surface area (Å²) >= 11 is 0. The van der Waals surface area contributed by atoms with Gasteiger partial charge in [-0.25, -0.2) is 9.97 Å². The zero-order chi connectivity index (χ0) is 10.3. The number of nitrogens with two attached hydrogens (primary N) is 1. The standard InChI is InChI=1S/C11H10N4/c12-11-14-6-8-7-2-1-5-13-9(7)3-4-10(8)15-11/h1-2,5-6H,3-4H2,(H2,12,14,15). The van der Waals surface area contributed by atoms with Gasteiger partial charge < -0.3 is 5.73 Å². The lowest BCUT2D eigenvalue weighted by Gasteiger charge is -2.17. The second-order valence-corrected chi connectivity index (χ2v) is 3.59. The van der Waals surface area contributed by atoms with Crippen molar-refractivity contribution in [3.8, 4) is 11.1 Å². The highest BCUT2D eigenvalue weighted by Crippen LogP contribution is 2.30. The van der Waals surface area contributed by atoms with Crippen LogP contribution in [0.1, 0.15) is 11.4 Å². The van der Waals surface area contributed by atoms with E-state index in [9.17, 15) is 0 Å². The fourth-order valence-corrected chi connectivity index (χ4v) is 1.97. The van der Waals surface area contributed by atoms with E-state index in [4.69, 9.17) is 5.73 Å². The molecule has 0 unspecified atom stereocenters. The smallest absolute Gasteiger partial charge is 0.220 e. The molecule has 0 aliphatic heterocycles. The lowest BCUT2D eigenvalue weighted by Crippen LogP contribution is -2.09. The predicted molar refractivity (Wildman–Crippen MR) is 57.1 cm³/mol. The van der Waals surface area contributed by atoms with Gasteiger partial charge in [-0.05, 0) is 18.9 Å². The van der Waals surface area contributed by atoms with Gasteiger partial charge in [0.05, 0.1) is 5.69 Å². The summed E-state index contributed by atoms with van der Waals surface area (Å²) < 4.78 is 0. The number of fused-ring (bicyclic) bond motifs is 3. The largest absolute Gasteiger partial charge is 0.368 e. The van der Waals surface area contributed by atoms with Crippen LogP contribution in [0.3, 0.4) is 0 Å². The van der Waals surface area contributed by atoms with Gasteiger partial charge in [-0.2, -0.15) is 0 Å². The van der Waals surface area contributed by atoms with Crippen molar-refractivity contribution in [2.45, 2.75) is 12.8 Å². The van der Waals surface area contributed by atoms with Crippen molar-refractivity contribution in [2.24, 2.45) is 0 Å². The van der Waals surface area contributed by atoms with Gasteiger partial charge in [-0.1, -0.05) is 6.07 Å². The van der Waals surface area contributed by atoms with Crippen LogP contribution in [0.15, 0.2) is 24.5 Å². The maximum atomic E-state index is 5.56. The molecule has 1 aliphatic carbocycles. The maximum Gasteiger partial charge on any atom is 0.220 e. The fourth-order valence-electron chi connectivity index (χ4n) is 1.97. The van der Waals surface area contributed by atoms with Crippen molar-refractivity contribution in [2.75, 3.05) is 5.73 Å². The lowest BCUT2D eigenvalue weighted by atomic mass is 9.93. The van der Waals surface area contributed by atoms with Crippen LogP contribution in [0.5, 0.6) is 0 Å². The third-order valence-electron chi connectivity index (χ3n) is 2.67. The van der Waals surface area contributed by atoms with Gasteiger partial charge in [0.2, 0.25) is 5.95 Å². The maximum absolute atomic E-state index is 5.56. The first kappa shape index (κ1) is 8.35. The number of rotatable bonds is 0. The number of aromatic nitrogens is 3. The predicted octanol–water partition coefficient (Wildman–Crippen LogP) is 1.22. The van der Waals surface area contributed by atoms with Crippen molar-refractivity contribution >= 4 is 5.95 Å². The molecular formula is C11H10N4. The Morgan fingerprint density at radius 2 is 1.93 bits per heavy atom. The number of nitrogens with zero attached hydrogens (tertiary/aromatic N) is 3. The van der Waals surface area contributed by atoms with Crippen LogP contribution in [0, 0.1) is 0 Å². The van der Waals surface area contributed by atoms with Crippen LogP contribution < -0.4 is 5.73 Å². The third kappa shape index (κ3) is 1.26. The average Bonchev–Trinajstić information content (AvgIpc) is 2.28. The molecule has 0 fully saturated rings. The molecule has 2 N–H and O–H groups in total. The van der Waals surface area contributed by atoms with Crippen LogP contribution in [0.4, 0.5) is 5.95 Å². The van der Waals surface area contributed by atoms with Gasteiger partial charge >= 0.3 is 0 Å². The molecule has 0 aromatic carbocycles. The van der Waals surface area contributed by atoms with Gasteiger partial charge in [-0.3, -0.25) is 4.98 Å². The van der Waals surface area contributed by atoms with Crippen LogP contribution in [-0.2, 0) is 12.8 Å². The van der Waals surface area contributed by atoms with Gasteiger partial charge in [0.25, 0.3) is 0 Å². The Labute approximate surface area is 87.2 Å². The monoisotopic (exact) mass is 198 g/mol. The van der Waals surface area contributed by atoms with Crippen LogP contribution >= 0.6 is 0 Å². The van der Waals surface area contributed by atoms with E-state index < -0.39 is 0 Å². The average molecular weight is 198 g/mol. The number of hydrogen-bond donors (Lipinski definition) is 1. The molecule has 3 rings (SSSR count). The molecule has 2 aromatic heterocycles. The number of anilines is 1. The number of pyridine rings is 1. The van der Waals surface area contributed by atoms with Crippen molar-refractivity contribution in [1.29, 1.82) is 0 Å². The normalized spacial score (nSPS) is 13.1. The van der Waals surface area contributed by atoms with Crippen LogP contribution in [-0.4, -0.2) is 15.0 Å². The zero-order valence-corrected chi connectivity index (χ0v) is 8.14. The molecule has 0 saturated heterocycles. The SMILES string of the molecule is Nc1ncc2c(n1)CCc1ncccc1-2. The summed E-state index contributed by atoms with van der Waals surface area (Å²) in [6.45, 7) is 0. The van der Waals surface area contributed by atoms with Gasteiger partial charge in [-0.15, -0.1) is 0 Å². The van der Waals surface area contributed by atoms with E-state index in [-0.39, 0.29) is 0 Å². The molecule has 0 amide bonds. The Morgan fingerprint density at radius 1 is 1.07 bits per heavy atom. The van der Waals surface area contributed by atoms with Crippen molar-refractivity contribution in [1.82, 2.24) is 15.0 Å². The van der Waals surface area contributed by atoms with E-state index in [2.05, 4.69) is 21.0 Å². The van der Waals surface area contributed by atoms with Gasteiger partial charge in [0, 0.05) is 29.2 Å². The summed E-state index contributed by atoms with van der Waals surface area (Å²) in [5, 5.41) is 0. The number of hydrogen-bond acceptors (Lipinski definition) is 4. The van der Waals surface area contributed by atoms with E-state index in [0.29, 0.717) is 5.95 Å². The minimum Gasteiger partial charge on any atom is -0.368 e. The first-order valence-electron chi connectivity index (χ1n) is 4.90. The fraction of sp³-hybridized carbons (Fsp3) is 0.182. The Bertz CT molecular complexity index is 522. The minimum atomic E-state index is 0.348. The first-order chi connectivity index (χ1) is 7.34. The van der Waals surface area contributed by atoms with E-state index in [1.54, 1.807) is 6.20 Å². The zero-order valence-electron chi connectivity index (χ0n) is 8.14. The Morgan fingerprint density at radius 3 is 2.87 bits per heavy atom. The highest BCUT2D eigenvalue weighted by atomic mass is 15.0. The van der Waals surface area contributed by atoms with Gasteiger partial charge in [0.15, 0.2) is 0 Å². The summed E-state index contributed by atoms with van der Waals surface area (Å²) in [4.78, 5) is 12.6. The highest BCUT2D eigenvalue weighted by molar-refractivity contribution is 5.69. The first-order valence-corrected chi connectivity index (χ1v) is 4.90. The van der Waals surface area contributed by atoms with Crippen LogP contribution in [0.25, 0.3) is 11.1 Å². The Balaban J connectivity index is 2.26. The Hall–Kier alpha value is -1.97. The van der Waals surface area contributed by atoms with Gasteiger partial charge in [0.1, 0.15) is 0 Å². The van der Waals surface area contributed by atoms with Crippen molar-refractivity contribution < 1.29 is 0 Å². The number of aryl methyl sites for hydroxylation is 2.